The second-order valence-corrected chi connectivity index (χ2v) is 5.39. The highest BCUT2D eigenvalue weighted by molar-refractivity contribution is 5.43. The molecule has 0 saturated heterocycles. The molecule has 0 heterocycles. The summed E-state index contributed by atoms with van der Waals surface area (Å²) in [4.78, 5) is 0. The molecule has 0 aliphatic heterocycles. The van der Waals surface area contributed by atoms with Crippen molar-refractivity contribution in [3.8, 4) is 11.5 Å². The first-order valence-electron chi connectivity index (χ1n) is 8.02. The van der Waals surface area contributed by atoms with Crippen molar-refractivity contribution in [2.75, 3.05) is 27.2 Å². The molecule has 2 aromatic rings. The third kappa shape index (κ3) is 5.93. The van der Waals surface area contributed by atoms with Crippen LogP contribution >= 0.6 is 0 Å². The molecule has 0 amide bonds. The van der Waals surface area contributed by atoms with Crippen LogP contribution in [0, 0.1) is 0 Å². The molecule has 0 aromatic heterocycles. The topological polar surface area (TPSA) is 42.5 Å². The van der Waals surface area contributed by atoms with Crippen molar-refractivity contribution in [1.82, 2.24) is 10.6 Å². The van der Waals surface area contributed by atoms with Gasteiger partial charge in [-0.05, 0) is 49.8 Å². The van der Waals surface area contributed by atoms with E-state index in [4.69, 9.17) is 9.47 Å². The number of hydrogen-bond donors (Lipinski definition) is 2. The van der Waals surface area contributed by atoms with E-state index in [-0.39, 0.29) is 0 Å². The van der Waals surface area contributed by atoms with Crippen molar-refractivity contribution >= 4 is 0 Å². The van der Waals surface area contributed by atoms with Crippen LogP contribution in [0.5, 0.6) is 11.5 Å². The SMILES string of the molecule is CNCCCNCc1ccc(OCc2ccccc2)c(OC)c1. The maximum atomic E-state index is 5.87. The molecule has 0 spiro atoms. The average molecular weight is 314 g/mol. The second-order valence-electron chi connectivity index (χ2n) is 5.39. The van der Waals surface area contributed by atoms with E-state index in [9.17, 15) is 0 Å². The van der Waals surface area contributed by atoms with Gasteiger partial charge in [0, 0.05) is 6.54 Å². The van der Waals surface area contributed by atoms with Gasteiger partial charge in [-0.3, -0.25) is 0 Å². The summed E-state index contributed by atoms with van der Waals surface area (Å²) in [6.45, 7) is 3.40. The van der Waals surface area contributed by atoms with Crippen molar-refractivity contribution in [3.63, 3.8) is 0 Å². The Kier molecular flexibility index (Phi) is 7.43. The van der Waals surface area contributed by atoms with E-state index in [1.807, 2.05) is 37.4 Å². The molecular weight excluding hydrogens is 288 g/mol. The zero-order valence-corrected chi connectivity index (χ0v) is 14.0. The first-order chi connectivity index (χ1) is 11.3. The summed E-state index contributed by atoms with van der Waals surface area (Å²) in [5.74, 6) is 1.55. The standard InChI is InChI=1S/C19H26N2O2/c1-20-11-6-12-21-14-17-9-10-18(19(13-17)22-2)23-15-16-7-4-3-5-8-16/h3-5,7-10,13,20-21H,6,11-12,14-15H2,1-2H3. The molecule has 2 aromatic carbocycles. The highest BCUT2D eigenvalue weighted by Gasteiger charge is 2.06. The quantitative estimate of drug-likeness (QED) is 0.662. The summed E-state index contributed by atoms with van der Waals surface area (Å²) in [6, 6.07) is 16.2. The van der Waals surface area contributed by atoms with Crippen LogP contribution in [0.1, 0.15) is 17.5 Å². The lowest BCUT2D eigenvalue weighted by Crippen LogP contribution is -2.19. The summed E-state index contributed by atoms with van der Waals surface area (Å²) in [6.07, 6.45) is 1.12. The fourth-order valence-electron chi connectivity index (χ4n) is 2.30. The van der Waals surface area contributed by atoms with Crippen LogP contribution in [-0.2, 0) is 13.2 Å². The normalized spacial score (nSPS) is 10.5. The van der Waals surface area contributed by atoms with E-state index in [0.29, 0.717) is 6.61 Å². The fourth-order valence-corrected chi connectivity index (χ4v) is 2.30. The van der Waals surface area contributed by atoms with Crippen LogP contribution in [0.4, 0.5) is 0 Å². The lowest BCUT2D eigenvalue weighted by atomic mass is 10.2. The molecule has 124 valence electrons. The Morgan fingerprint density at radius 2 is 1.74 bits per heavy atom. The molecule has 0 aliphatic carbocycles. The van der Waals surface area contributed by atoms with E-state index in [2.05, 4.69) is 28.8 Å². The Hall–Kier alpha value is -2.04. The minimum absolute atomic E-state index is 0.540. The van der Waals surface area contributed by atoms with Gasteiger partial charge in [0.1, 0.15) is 6.61 Å². The van der Waals surface area contributed by atoms with Crippen molar-refractivity contribution in [2.24, 2.45) is 0 Å². The number of nitrogens with one attached hydrogen (secondary N) is 2. The monoisotopic (exact) mass is 314 g/mol. The molecule has 4 nitrogen and oxygen atoms in total. The maximum absolute atomic E-state index is 5.87. The first-order valence-corrected chi connectivity index (χ1v) is 8.02. The molecule has 2 N–H and O–H groups in total. The lowest BCUT2D eigenvalue weighted by molar-refractivity contribution is 0.284. The molecular formula is C19H26N2O2. The van der Waals surface area contributed by atoms with E-state index in [1.165, 1.54) is 5.56 Å². The Morgan fingerprint density at radius 3 is 2.48 bits per heavy atom. The minimum atomic E-state index is 0.540. The summed E-state index contributed by atoms with van der Waals surface area (Å²) < 4.78 is 11.3. The maximum Gasteiger partial charge on any atom is 0.161 e. The molecule has 2 rings (SSSR count). The van der Waals surface area contributed by atoms with Gasteiger partial charge in [-0.25, -0.2) is 0 Å². The van der Waals surface area contributed by atoms with Crippen molar-refractivity contribution in [3.05, 3.63) is 59.7 Å². The zero-order valence-electron chi connectivity index (χ0n) is 14.0. The summed E-state index contributed by atoms with van der Waals surface area (Å²) in [5, 5.41) is 6.57. The van der Waals surface area contributed by atoms with Gasteiger partial charge in [0.2, 0.25) is 0 Å². The molecule has 0 atom stereocenters. The molecule has 0 fully saturated rings. The molecule has 0 aliphatic rings. The smallest absolute Gasteiger partial charge is 0.161 e. The van der Waals surface area contributed by atoms with Gasteiger partial charge in [0.05, 0.1) is 7.11 Å². The van der Waals surface area contributed by atoms with Gasteiger partial charge in [-0.15, -0.1) is 0 Å². The third-order valence-corrected chi connectivity index (χ3v) is 3.57. The van der Waals surface area contributed by atoms with E-state index < -0.39 is 0 Å². The largest absolute Gasteiger partial charge is 0.493 e. The first kappa shape index (κ1) is 17.3. The molecule has 0 unspecified atom stereocenters. The van der Waals surface area contributed by atoms with Crippen LogP contribution in [0.2, 0.25) is 0 Å². The second kappa shape index (κ2) is 9.87. The van der Waals surface area contributed by atoms with Gasteiger partial charge in [-0.2, -0.15) is 0 Å². The minimum Gasteiger partial charge on any atom is -0.493 e. The average Bonchev–Trinajstić information content (AvgIpc) is 2.61. The number of hydrogen-bond acceptors (Lipinski definition) is 4. The van der Waals surface area contributed by atoms with Gasteiger partial charge >= 0.3 is 0 Å². The highest BCUT2D eigenvalue weighted by atomic mass is 16.5. The molecule has 0 radical (unpaired) electrons. The zero-order chi connectivity index (χ0) is 16.3. The van der Waals surface area contributed by atoms with Crippen molar-refractivity contribution in [1.29, 1.82) is 0 Å². The van der Waals surface area contributed by atoms with Crippen LogP contribution in [-0.4, -0.2) is 27.2 Å². The lowest BCUT2D eigenvalue weighted by Gasteiger charge is -2.13. The van der Waals surface area contributed by atoms with E-state index in [1.54, 1.807) is 7.11 Å². The Balaban J connectivity index is 1.88. The predicted molar refractivity (Wildman–Crippen MR) is 94.0 cm³/mol. The van der Waals surface area contributed by atoms with E-state index >= 15 is 0 Å². The molecule has 4 heteroatoms. The summed E-state index contributed by atoms with van der Waals surface area (Å²) in [7, 11) is 3.65. The predicted octanol–water partition coefficient (Wildman–Crippen LogP) is 2.97. The highest BCUT2D eigenvalue weighted by Crippen LogP contribution is 2.28. The molecule has 0 bridgehead atoms. The van der Waals surface area contributed by atoms with Gasteiger partial charge < -0.3 is 20.1 Å². The molecule has 23 heavy (non-hydrogen) atoms. The third-order valence-electron chi connectivity index (χ3n) is 3.57. The Morgan fingerprint density at radius 1 is 0.913 bits per heavy atom. The van der Waals surface area contributed by atoms with Gasteiger partial charge in [0.25, 0.3) is 0 Å². The number of rotatable bonds is 10. The van der Waals surface area contributed by atoms with Gasteiger partial charge in [0.15, 0.2) is 11.5 Å². The fraction of sp³-hybridized carbons (Fsp3) is 0.368. The van der Waals surface area contributed by atoms with Crippen LogP contribution in [0.3, 0.4) is 0 Å². The number of ether oxygens (including phenoxy) is 2. The van der Waals surface area contributed by atoms with Gasteiger partial charge in [-0.1, -0.05) is 36.4 Å². The van der Waals surface area contributed by atoms with Crippen LogP contribution in [0.15, 0.2) is 48.5 Å². The molecule has 0 saturated carbocycles. The Bertz CT molecular complexity index is 573. The summed E-state index contributed by atoms with van der Waals surface area (Å²) >= 11 is 0. The van der Waals surface area contributed by atoms with E-state index in [0.717, 1.165) is 43.1 Å². The number of methoxy groups -OCH3 is 1. The number of benzene rings is 2. The van der Waals surface area contributed by atoms with Crippen molar-refractivity contribution in [2.45, 2.75) is 19.6 Å². The summed E-state index contributed by atoms with van der Waals surface area (Å²) in [5.41, 5.74) is 2.34. The Labute approximate surface area is 138 Å². The van der Waals surface area contributed by atoms with Crippen molar-refractivity contribution < 1.29 is 9.47 Å². The van der Waals surface area contributed by atoms with Crippen LogP contribution < -0.4 is 20.1 Å². The van der Waals surface area contributed by atoms with Crippen LogP contribution in [0.25, 0.3) is 0 Å².